The number of halogens is 2. The van der Waals surface area contributed by atoms with Crippen molar-refractivity contribution in [3.05, 3.63) is 70.9 Å². The molecule has 3 aromatic rings. The zero-order chi connectivity index (χ0) is 19.6. The van der Waals surface area contributed by atoms with Gasteiger partial charge in [-0.2, -0.15) is 0 Å². The van der Waals surface area contributed by atoms with Crippen LogP contribution in [0.5, 0.6) is 0 Å². The van der Waals surface area contributed by atoms with Crippen LogP contribution >= 0.6 is 0 Å². The molecule has 0 aliphatic heterocycles. The van der Waals surface area contributed by atoms with Crippen molar-refractivity contribution in [1.29, 1.82) is 0 Å². The number of esters is 1. The molecule has 1 aromatic heterocycles. The molecule has 1 heterocycles. The Bertz CT molecular complexity index is 1050. The van der Waals surface area contributed by atoms with Crippen molar-refractivity contribution in [3.63, 3.8) is 0 Å². The number of benzene rings is 2. The zero-order valence-corrected chi connectivity index (χ0v) is 14.7. The van der Waals surface area contributed by atoms with Crippen LogP contribution in [-0.4, -0.2) is 23.5 Å². The molecule has 0 spiro atoms. The number of pyridine rings is 1. The maximum atomic E-state index is 13.5. The average molecular weight is 370 g/mol. The maximum Gasteiger partial charge on any atom is 0.340 e. The van der Waals surface area contributed by atoms with Crippen molar-refractivity contribution in [1.82, 2.24) is 4.98 Å². The highest BCUT2D eigenvalue weighted by molar-refractivity contribution is 5.98. The quantitative estimate of drug-likeness (QED) is 0.707. The van der Waals surface area contributed by atoms with Crippen LogP contribution in [0.4, 0.5) is 14.5 Å². The second kappa shape index (κ2) is 7.49. The van der Waals surface area contributed by atoms with Crippen molar-refractivity contribution in [2.45, 2.75) is 13.8 Å². The molecule has 5 nitrogen and oxygen atoms in total. The number of aromatic nitrogens is 1. The summed E-state index contributed by atoms with van der Waals surface area (Å²) in [5.41, 5.74) is 2.29. The van der Waals surface area contributed by atoms with Gasteiger partial charge >= 0.3 is 5.97 Å². The Morgan fingerprint density at radius 1 is 1.07 bits per heavy atom. The van der Waals surface area contributed by atoms with Crippen LogP contribution in [-0.2, 0) is 9.53 Å². The van der Waals surface area contributed by atoms with E-state index in [0.29, 0.717) is 11.8 Å². The molecule has 0 atom stereocenters. The first kappa shape index (κ1) is 18.4. The molecule has 2 aromatic carbocycles. The van der Waals surface area contributed by atoms with Crippen LogP contribution < -0.4 is 5.32 Å². The normalized spacial score (nSPS) is 10.7. The number of nitrogens with one attached hydrogen (secondary N) is 1. The summed E-state index contributed by atoms with van der Waals surface area (Å²) in [4.78, 5) is 28.5. The van der Waals surface area contributed by atoms with E-state index in [1.54, 1.807) is 13.0 Å². The van der Waals surface area contributed by atoms with Crippen LogP contribution in [0.25, 0.3) is 10.9 Å². The Kier molecular flexibility index (Phi) is 5.12. The van der Waals surface area contributed by atoms with E-state index in [1.807, 2.05) is 25.1 Å². The number of fused-ring (bicyclic) bond motifs is 1. The fraction of sp³-hybridized carbons (Fsp3) is 0.150. The molecule has 27 heavy (non-hydrogen) atoms. The predicted octanol–water partition coefficient (Wildman–Crippen LogP) is 3.93. The van der Waals surface area contributed by atoms with Gasteiger partial charge in [-0.25, -0.2) is 13.6 Å². The van der Waals surface area contributed by atoms with E-state index in [4.69, 9.17) is 4.74 Å². The first-order valence-electron chi connectivity index (χ1n) is 8.13. The lowest BCUT2D eigenvalue weighted by atomic mass is 10.1. The monoisotopic (exact) mass is 370 g/mol. The third-order valence-electron chi connectivity index (χ3n) is 3.92. The molecular weight excluding hydrogens is 354 g/mol. The lowest BCUT2D eigenvalue weighted by Crippen LogP contribution is -2.22. The Morgan fingerprint density at radius 2 is 1.85 bits per heavy atom. The van der Waals surface area contributed by atoms with E-state index < -0.39 is 30.1 Å². The van der Waals surface area contributed by atoms with Gasteiger partial charge in [0.15, 0.2) is 6.61 Å². The predicted molar refractivity (Wildman–Crippen MR) is 96.5 cm³/mol. The summed E-state index contributed by atoms with van der Waals surface area (Å²) >= 11 is 0. The topological polar surface area (TPSA) is 68.3 Å². The van der Waals surface area contributed by atoms with Crippen molar-refractivity contribution in [2.75, 3.05) is 11.9 Å². The van der Waals surface area contributed by atoms with E-state index >= 15 is 0 Å². The number of aryl methyl sites for hydroxylation is 2. The smallest absolute Gasteiger partial charge is 0.340 e. The number of carbonyl (C=O) groups is 2. The summed E-state index contributed by atoms with van der Waals surface area (Å²) in [5.74, 6) is -3.12. The number of carbonyl (C=O) groups excluding carboxylic acids is 2. The molecule has 3 rings (SSSR count). The van der Waals surface area contributed by atoms with Crippen LogP contribution in [0.3, 0.4) is 0 Å². The number of hydrogen-bond acceptors (Lipinski definition) is 4. The number of rotatable bonds is 4. The first-order chi connectivity index (χ1) is 12.8. The van der Waals surface area contributed by atoms with E-state index in [1.165, 1.54) is 0 Å². The molecule has 0 aliphatic rings. The molecule has 0 aliphatic carbocycles. The molecule has 7 heteroatoms. The summed E-state index contributed by atoms with van der Waals surface area (Å²) in [5, 5.41) is 3.01. The molecule has 0 unspecified atom stereocenters. The highest BCUT2D eigenvalue weighted by Crippen LogP contribution is 2.19. The minimum atomic E-state index is -0.917. The molecular formula is C20H16F2N2O3. The van der Waals surface area contributed by atoms with Gasteiger partial charge in [-0.15, -0.1) is 0 Å². The largest absolute Gasteiger partial charge is 0.452 e. The Morgan fingerprint density at radius 3 is 2.59 bits per heavy atom. The van der Waals surface area contributed by atoms with Gasteiger partial charge in [-0.1, -0.05) is 11.6 Å². The van der Waals surface area contributed by atoms with E-state index in [9.17, 15) is 18.4 Å². The SMILES string of the molecule is Cc1ccc2nc(C)c(C(=O)OCC(=O)Nc3ccc(F)cc3F)cc2c1. The fourth-order valence-corrected chi connectivity index (χ4v) is 2.58. The van der Waals surface area contributed by atoms with Gasteiger partial charge in [-0.05, 0) is 44.2 Å². The Balaban J connectivity index is 1.69. The first-order valence-corrected chi connectivity index (χ1v) is 8.13. The summed E-state index contributed by atoms with van der Waals surface area (Å²) in [6.07, 6.45) is 0. The Labute approximate surface area is 154 Å². The van der Waals surface area contributed by atoms with Crippen molar-refractivity contribution in [3.8, 4) is 0 Å². The van der Waals surface area contributed by atoms with E-state index in [0.717, 1.165) is 28.6 Å². The number of ether oxygens (including phenoxy) is 1. The van der Waals surface area contributed by atoms with Crippen molar-refractivity contribution >= 4 is 28.5 Å². The lowest BCUT2D eigenvalue weighted by Gasteiger charge is -2.09. The molecule has 0 radical (unpaired) electrons. The van der Waals surface area contributed by atoms with Crippen molar-refractivity contribution in [2.24, 2.45) is 0 Å². The molecule has 0 bridgehead atoms. The third kappa shape index (κ3) is 4.25. The van der Waals surface area contributed by atoms with Crippen LogP contribution in [0, 0.1) is 25.5 Å². The van der Waals surface area contributed by atoms with Gasteiger partial charge < -0.3 is 10.1 Å². The number of anilines is 1. The summed E-state index contributed by atoms with van der Waals surface area (Å²) in [6, 6.07) is 10.1. The highest BCUT2D eigenvalue weighted by atomic mass is 19.1. The van der Waals surface area contributed by atoms with Gasteiger partial charge in [0, 0.05) is 11.5 Å². The van der Waals surface area contributed by atoms with Gasteiger partial charge in [0.25, 0.3) is 5.91 Å². The summed E-state index contributed by atoms with van der Waals surface area (Å²) < 4.78 is 31.4. The average Bonchev–Trinajstić information content (AvgIpc) is 2.62. The Hall–Kier alpha value is -3.35. The fourth-order valence-electron chi connectivity index (χ4n) is 2.58. The van der Waals surface area contributed by atoms with Gasteiger partial charge in [0.05, 0.1) is 22.5 Å². The third-order valence-corrected chi connectivity index (χ3v) is 3.92. The summed E-state index contributed by atoms with van der Waals surface area (Å²) in [6.45, 7) is 2.99. The minimum absolute atomic E-state index is 0.198. The molecule has 0 saturated carbocycles. The zero-order valence-electron chi connectivity index (χ0n) is 14.7. The standard InChI is InChI=1S/C20H16F2N2O3/c1-11-3-5-17-13(7-11)8-15(12(2)23-17)20(26)27-10-19(25)24-18-6-4-14(21)9-16(18)22/h3-9H,10H2,1-2H3,(H,24,25). The highest BCUT2D eigenvalue weighted by Gasteiger charge is 2.16. The molecule has 1 amide bonds. The summed E-state index contributed by atoms with van der Waals surface area (Å²) in [7, 11) is 0. The van der Waals surface area contributed by atoms with Gasteiger partial charge in [0.2, 0.25) is 0 Å². The second-order valence-electron chi connectivity index (χ2n) is 6.07. The molecule has 0 fully saturated rings. The minimum Gasteiger partial charge on any atom is -0.452 e. The van der Waals surface area contributed by atoms with Crippen LogP contribution in [0.15, 0.2) is 42.5 Å². The second-order valence-corrected chi connectivity index (χ2v) is 6.07. The number of hydrogen-bond donors (Lipinski definition) is 1. The van der Waals surface area contributed by atoms with E-state index in [-0.39, 0.29) is 11.3 Å². The maximum absolute atomic E-state index is 13.5. The number of nitrogens with zero attached hydrogens (tertiary/aromatic N) is 1. The molecule has 1 N–H and O–H groups in total. The van der Waals surface area contributed by atoms with Crippen molar-refractivity contribution < 1.29 is 23.1 Å². The molecule has 138 valence electrons. The van der Waals surface area contributed by atoms with Gasteiger partial charge in [-0.3, -0.25) is 9.78 Å². The lowest BCUT2D eigenvalue weighted by molar-refractivity contribution is -0.119. The molecule has 0 saturated heterocycles. The van der Waals surface area contributed by atoms with E-state index in [2.05, 4.69) is 10.3 Å². The number of amides is 1. The van der Waals surface area contributed by atoms with Gasteiger partial charge in [0.1, 0.15) is 11.6 Å². The van der Waals surface area contributed by atoms with Crippen LogP contribution in [0.1, 0.15) is 21.6 Å². The van der Waals surface area contributed by atoms with Crippen LogP contribution in [0.2, 0.25) is 0 Å².